The number of nitrogens with two attached hydrogens (primary N) is 1. The Bertz CT molecular complexity index is 472. The van der Waals surface area contributed by atoms with Crippen molar-refractivity contribution in [3.63, 3.8) is 0 Å². The first kappa shape index (κ1) is 14.9. The van der Waals surface area contributed by atoms with E-state index in [-0.39, 0.29) is 11.4 Å². The number of amides is 1. The van der Waals surface area contributed by atoms with Gasteiger partial charge in [0.05, 0.1) is 0 Å². The van der Waals surface area contributed by atoms with Crippen molar-refractivity contribution < 1.29 is 9.18 Å². The molecule has 2 rings (SSSR count). The first-order valence-electron chi connectivity index (χ1n) is 7.11. The van der Waals surface area contributed by atoms with Crippen molar-refractivity contribution in [2.45, 2.75) is 32.4 Å². The SMILES string of the molecule is CC(CNCc1ccc(C(N)=O)cc1F)N1CCCC1. The zero-order valence-corrected chi connectivity index (χ0v) is 11.9. The first-order valence-corrected chi connectivity index (χ1v) is 7.11. The van der Waals surface area contributed by atoms with Gasteiger partial charge in [-0.3, -0.25) is 9.69 Å². The van der Waals surface area contributed by atoms with Crippen LogP contribution in [0, 0.1) is 5.82 Å². The molecule has 110 valence electrons. The number of carbonyl (C=O) groups is 1. The average Bonchev–Trinajstić information content (AvgIpc) is 2.94. The van der Waals surface area contributed by atoms with E-state index >= 15 is 0 Å². The Kier molecular flexibility index (Phi) is 5.09. The van der Waals surface area contributed by atoms with E-state index in [4.69, 9.17) is 5.73 Å². The second-order valence-electron chi connectivity index (χ2n) is 5.39. The molecule has 1 aromatic rings. The molecule has 0 saturated carbocycles. The topological polar surface area (TPSA) is 58.4 Å². The lowest BCUT2D eigenvalue weighted by Crippen LogP contribution is -2.38. The highest BCUT2D eigenvalue weighted by molar-refractivity contribution is 5.92. The summed E-state index contributed by atoms with van der Waals surface area (Å²) in [5.74, 6) is -0.992. The molecule has 1 amide bonds. The largest absolute Gasteiger partial charge is 0.366 e. The third-order valence-corrected chi connectivity index (χ3v) is 3.86. The van der Waals surface area contributed by atoms with E-state index in [2.05, 4.69) is 17.1 Å². The Hall–Kier alpha value is -1.46. The van der Waals surface area contributed by atoms with E-state index in [0.29, 0.717) is 18.2 Å². The number of carbonyl (C=O) groups excluding carboxylic acids is 1. The van der Waals surface area contributed by atoms with E-state index in [1.165, 1.54) is 18.9 Å². The van der Waals surface area contributed by atoms with Crippen molar-refractivity contribution in [1.29, 1.82) is 0 Å². The van der Waals surface area contributed by atoms with Gasteiger partial charge in [-0.05, 0) is 45.0 Å². The van der Waals surface area contributed by atoms with E-state index in [9.17, 15) is 9.18 Å². The van der Waals surface area contributed by atoms with Crippen LogP contribution in [0.2, 0.25) is 0 Å². The number of nitrogens with zero attached hydrogens (tertiary/aromatic N) is 1. The standard InChI is InChI=1S/C15H22FN3O/c1-11(19-6-2-3-7-19)9-18-10-13-5-4-12(15(17)20)8-14(13)16/h4-5,8,11,18H,2-3,6-7,9-10H2,1H3,(H2,17,20). The summed E-state index contributed by atoms with van der Waals surface area (Å²) >= 11 is 0. The summed E-state index contributed by atoms with van der Waals surface area (Å²) in [6.45, 7) is 5.79. The summed E-state index contributed by atoms with van der Waals surface area (Å²) in [5, 5.41) is 3.27. The van der Waals surface area contributed by atoms with E-state index in [1.54, 1.807) is 12.1 Å². The van der Waals surface area contributed by atoms with Gasteiger partial charge in [-0.2, -0.15) is 0 Å². The molecule has 1 saturated heterocycles. The maximum absolute atomic E-state index is 13.8. The van der Waals surface area contributed by atoms with E-state index in [1.807, 2.05) is 0 Å². The number of hydrogen-bond acceptors (Lipinski definition) is 3. The third kappa shape index (κ3) is 3.77. The molecule has 1 aliphatic rings. The Morgan fingerprint density at radius 2 is 2.15 bits per heavy atom. The van der Waals surface area contributed by atoms with E-state index in [0.717, 1.165) is 19.6 Å². The lowest BCUT2D eigenvalue weighted by Gasteiger charge is -2.24. The normalized spacial score (nSPS) is 17.3. The maximum atomic E-state index is 13.8. The smallest absolute Gasteiger partial charge is 0.248 e. The predicted molar refractivity (Wildman–Crippen MR) is 76.9 cm³/mol. The van der Waals surface area contributed by atoms with Gasteiger partial charge in [-0.25, -0.2) is 4.39 Å². The lowest BCUT2D eigenvalue weighted by atomic mass is 10.1. The summed E-state index contributed by atoms with van der Waals surface area (Å²) in [6, 6.07) is 4.84. The van der Waals surface area contributed by atoms with Crippen LogP contribution in [0.1, 0.15) is 35.7 Å². The number of halogens is 1. The number of hydrogen-bond donors (Lipinski definition) is 2. The highest BCUT2D eigenvalue weighted by Gasteiger charge is 2.17. The Morgan fingerprint density at radius 1 is 1.45 bits per heavy atom. The fraction of sp³-hybridized carbons (Fsp3) is 0.533. The number of rotatable bonds is 6. The van der Waals surface area contributed by atoms with Gasteiger partial charge in [-0.15, -0.1) is 0 Å². The molecule has 0 bridgehead atoms. The van der Waals surface area contributed by atoms with Crippen LogP contribution < -0.4 is 11.1 Å². The minimum absolute atomic E-state index is 0.205. The molecule has 1 aliphatic heterocycles. The van der Waals surface area contributed by atoms with E-state index < -0.39 is 5.91 Å². The Labute approximate surface area is 119 Å². The molecule has 1 atom stereocenters. The number of likely N-dealkylation sites (tertiary alicyclic amines) is 1. The molecular weight excluding hydrogens is 257 g/mol. The van der Waals surface area contributed by atoms with Gasteiger partial charge in [0.15, 0.2) is 0 Å². The van der Waals surface area contributed by atoms with Crippen LogP contribution >= 0.6 is 0 Å². The van der Waals surface area contributed by atoms with Gasteiger partial charge >= 0.3 is 0 Å². The second kappa shape index (κ2) is 6.81. The summed E-state index contributed by atoms with van der Waals surface area (Å²) < 4.78 is 13.8. The highest BCUT2D eigenvalue weighted by atomic mass is 19.1. The summed E-state index contributed by atoms with van der Waals surface area (Å²) in [7, 11) is 0. The molecule has 5 heteroatoms. The molecule has 1 aromatic carbocycles. The summed E-state index contributed by atoms with van der Waals surface area (Å²) in [5.41, 5.74) is 5.88. The van der Waals surface area contributed by atoms with Gasteiger partial charge in [0, 0.05) is 30.3 Å². The fourth-order valence-corrected chi connectivity index (χ4v) is 2.57. The predicted octanol–water partition coefficient (Wildman–Crippen LogP) is 1.50. The third-order valence-electron chi connectivity index (χ3n) is 3.86. The summed E-state index contributed by atoms with van der Waals surface area (Å²) in [4.78, 5) is 13.4. The monoisotopic (exact) mass is 279 g/mol. The minimum atomic E-state index is -0.605. The number of benzene rings is 1. The molecule has 1 heterocycles. The van der Waals surface area contributed by atoms with Crippen molar-refractivity contribution in [2.75, 3.05) is 19.6 Å². The molecule has 20 heavy (non-hydrogen) atoms. The van der Waals surface area contributed by atoms with Crippen LogP contribution in [0.5, 0.6) is 0 Å². The fourth-order valence-electron chi connectivity index (χ4n) is 2.57. The second-order valence-corrected chi connectivity index (χ2v) is 5.39. The minimum Gasteiger partial charge on any atom is -0.366 e. The van der Waals surface area contributed by atoms with Gasteiger partial charge in [0.25, 0.3) is 0 Å². The molecule has 0 radical (unpaired) electrons. The van der Waals surface area contributed by atoms with Gasteiger partial charge in [0.1, 0.15) is 5.82 Å². The van der Waals surface area contributed by atoms with Gasteiger partial charge in [0.2, 0.25) is 5.91 Å². The van der Waals surface area contributed by atoms with Gasteiger partial charge in [-0.1, -0.05) is 6.07 Å². The molecule has 1 fully saturated rings. The zero-order chi connectivity index (χ0) is 14.5. The van der Waals surface area contributed by atoms with Crippen molar-refractivity contribution in [3.05, 3.63) is 35.1 Å². The molecule has 3 N–H and O–H groups in total. The number of primary amides is 1. The van der Waals surface area contributed by atoms with Crippen LogP contribution in [0.4, 0.5) is 4.39 Å². The highest BCUT2D eigenvalue weighted by Crippen LogP contribution is 2.12. The van der Waals surface area contributed by atoms with Crippen molar-refractivity contribution in [3.8, 4) is 0 Å². The van der Waals surface area contributed by atoms with Crippen LogP contribution in [0.15, 0.2) is 18.2 Å². The van der Waals surface area contributed by atoms with Crippen molar-refractivity contribution in [2.24, 2.45) is 5.73 Å². The van der Waals surface area contributed by atoms with Crippen LogP contribution in [-0.4, -0.2) is 36.5 Å². The first-order chi connectivity index (χ1) is 9.58. The Morgan fingerprint density at radius 3 is 2.75 bits per heavy atom. The molecule has 1 unspecified atom stereocenters. The van der Waals surface area contributed by atoms with Gasteiger partial charge < -0.3 is 11.1 Å². The average molecular weight is 279 g/mol. The number of nitrogens with one attached hydrogen (secondary N) is 1. The summed E-state index contributed by atoms with van der Waals surface area (Å²) in [6.07, 6.45) is 2.54. The molecule has 0 spiro atoms. The maximum Gasteiger partial charge on any atom is 0.248 e. The molecular formula is C15H22FN3O. The Balaban J connectivity index is 1.83. The zero-order valence-electron chi connectivity index (χ0n) is 11.9. The van der Waals surface area contributed by atoms with Crippen molar-refractivity contribution >= 4 is 5.91 Å². The molecule has 4 nitrogen and oxygen atoms in total. The lowest BCUT2D eigenvalue weighted by molar-refractivity contribution is 0.1000. The quantitative estimate of drug-likeness (QED) is 0.829. The van der Waals surface area contributed by atoms with Crippen molar-refractivity contribution in [1.82, 2.24) is 10.2 Å². The van der Waals surface area contributed by atoms with Crippen LogP contribution in [0.3, 0.4) is 0 Å². The van der Waals surface area contributed by atoms with Crippen LogP contribution in [0.25, 0.3) is 0 Å². The van der Waals surface area contributed by atoms with Crippen LogP contribution in [-0.2, 0) is 6.54 Å². The molecule has 0 aliphatic carbocycles. The molecule has 0 aromatic heterocycles.